The largest absolute Gasteiger partial charge is 0.299 e. The lowest BCUT2D eigenvalue weighted by Gasteiger charge is -2.22. The summed E-state index contributed by atoms with van der Waals surface area (Å²) in [6.07, 6.45) is 5.79. The van der Waals surface area contributed by atoms with Crippen LogP contribution >= 0.6 is 0 Å². The summed E-state index contributed by atoms with van der Waals surface area (Å²) in [5.41, 5.74) is 0. The predicted octanol–water partition coefficient (Wildman–Crippen LogP) is 1.29. The van der Waals surface area contributed by atoms with Crippen LogP contribution in [0.2, 0.25) is 0 Å². The van der Waals surface area contributed by atoms with Gasteiger partial charge in [0.1, 0.15) is 5.78 Å². The number of nitrogens with zero attached hydrogens (tertiary/aromatic N) is 1. The highest BCUT2D eigenvalue weighted by Crippen LogP contribution is 2.56. The van der Waals surface area contributed by atoms with Crippen molar-refractivity contribution in [2.24, 2.45) is 29.6 Å². The Kier molecular flexibility index (Phi) is 1.75. The van der Waals surface area contributed by atoms with Crippen molar-refractivity contribution in [1.82, 2.24) is 0 Å². The Balaban J connectivity index is 1.87. The first-order chi connectivity index (χ1) is 7.16. The molecule has 2 bridgehead atoms. The molecule has 0 heterocycles. The molecule has 0 aromatic carbocycles. The Morgan fingerprint density at radius 2 is 2.13 bits per heavy atom. The monoisotopic (exact) mass is 207 g/mol. The molecule has 5 atom stereocenters. The number of fused-ring (bicyclic) bond motifs is 5. The number of carbonyl (C=O) groups is 1. The van der Waals surface area contributed by atoms with Crippen molar-refractivity contribution in [2.45, 2.75) is 12.8 Å². The molecule has 3 aliphatic carbocycles. The molecule has 4 heteroatoms. The SMILES string of the molecule is O=C1CC(C[N+](=O)[O-])C2C1[C@@H]1C=C[C@H]2C1. The predicted molar refractivity (Wildman–Crippen MR) is 52.7 cm³/mol. The third-order valence-corrected chi connectivity index (χ3v) is 4.28. The van der Waals surface area contributed by atoms with E-state index in [-0.39, 0.29) is 35.0 Å². The van der Waals surface area contributed by atoms with Gasteiger partial charge in [-0.1, -0.05) is 12.2 Å². The second kappa shape index (κ2) is 2.90. The van der Waals surface area contributed by atoms with E-state index in [0.29, 0.717) is 18.3 Å². The average molecular weight is 207 g/mol. The zero-order valence-corrected chi connectivity index (χ0v) is 8.33. The first-order valence-electron chi connectivity index (χ1n) is 5.49. The molecule has 2 saturated carbocycles. The molecule has 0 N–H and O–H groups in total. The summed E-state index contributed by atoms with van der Waals surface area (Å²) < 4.78 is 0. The summed E-state index contributed by atoms with van der Waals surface area (Å²) in [6, 6.07) is 0. The number of ketones is 1. The van der Waals surface area contributed by atoms with E-state index in [1.54, 1.807) is 0 Å². The van der Waals surface area contributed by atoms with Gasteiger partial charge >= 0.3 is 0 Å². The fourth-order valence-corrected chi connectivity index (χ4v) is 3.86. The Hall–Kier alpha value is -1.19. The van der Waals surface area contributed by atoms with Gasteiger partial charge in [-0.2, -0.15) is 0 Å². The van der Waals surface area contributed by atoms with Gasteiger partial charge in [-0.05, 0) is 24.2 Å². The summed E-state index contributed by atoms with van der Waals surface area (Å²) in [5.74, 6) is 1.49. The lowest BCUT2D eigenvalue weighted by Crippen LogP contribution is -2.25. The number of allylic oxidation sites excluding steroid dienone is 2. The maximum Gasteiger partial charge on any atom is 0.207 e. The Morgan fingerprint density at radius 1 is 1.40 bits per heavy atom. The molecule has 0 saturated heterocycles. The first kappa shape index (κ1) is 9.07. The highest BCUT2D eigenvalue weighted by Gasteiger charge is 2.56. The highest BCUT2D eigenvalue weighted by atomic mass is 16.6. The quantitative estimate of drug-likeness (QED) is 0.389. The van der Waals surface area contributed by atoms with E-state index in [4.69, 9.17) is 0 Å². The molecule has 3 rings (SSSR count). The summed E-state index contributed by atoms with van der Waals surface area (Å²) in [4.78, 5) is 22.0. The van der Waals surface area contributed by atoms with Crippen LogP contribution in [-0.2, 0) is 4.79 Å². The third kappa shape index (κ3) is 1.17. The van der Waals surface area contributed by atoms with Gasteiger partial charge in [0.05, 0.1) is 0 Å². The molecule has 4 nitrogen and oxygen atoms in total. The zero-order valence-electron chi connectivity index (χ0n) is 8.33. The van der Waals surface area contributed by atoms with Crippen LogP contribution in [0, 0.1) is 39.7 Å². The molecular formula is C11H13NO3. The molecule has 0 radical (unpaired) electrons. The van der Waals surface area contributed by atoms with E-state index in [1.165, 1.54) is 0 Å². The van der Waals surface area contributed by atoms with Gasteiger partial charge in [0, 0.05) is 23.2 Å². The van der Waals surface area contributed by atoms with Gasteiger partial charge in [0.2, 0.25) is 6.54 Å². The molecule has 3 aliphatic rings. The smallest absolute Gasteiger partial charge is 0.207 e. The number of rotatable bonds is 2. The molecule has 3 unspecified atom stereocenters. The average Bonchev–Trinajstić information content (AvgIpc) is 2.78. The molecule has 2 fully saturated rings. The van der Waals surface area contributed by atoms with Crippen molar-refractivity contribution in [1.29, 1.82) is 0 Å². The van der Waals surface area contributed by atoms with Gasteiger partial charge in [0.15, 0.2) is 0 Å². The fourth-order valence-electron chi connectivity index (χ4n) is 3.86. The fraction of sp³-hybridized carbons (Fsp3) is 0.727. The number of carbonyl (C=O) groups excluding carboxylic acids is 1. The van der Waals surface area contributed by atoms with Crippen molar-refractivity contribution in [3.8, 4) is 0 Å². The summed E-state index contributed by atoms with van der Waals surface area (Å²) >= 11 is 0. The van der Waals surface area contributed by atoms with Crippen molar-refractivity contribution in [3.05, 3.63) is 22.3 Å². The molecule has 0 amide bonds. The van der Waals surface area contributed by atoms with Crippen LogP contribution in [0.4, 0.5) is 0 Å². The zero-order chi connectivity index (χ0) is 10.6. The van der Waals surface area contributed by atoms with E-state index in [9.17, 15) is 14.9 Å². The maximum atomic E-state index is 11.8. The Bertz CT molecular complexity index is 363. The summed E-state index contributed by atoms with van der Waals surface area (Å²) in [7, 11) is 0. The van der Waals surface area contributed by atoms with Crippen molar-refractivity contribution in [2.75, 3.05) is 6.54 Å². The van der Waals surface area contributed by atoms with Crippen LogP contribution in [-0.4, -0.2) is 17.3 Å². The molecular weight excluding hydrogens is 194 g/mol. The Morgan fingerprint density at radius 3 is 2.87 bits per heavy atom. The van der Waals surface area contributed by atoms with Gasteiger partial charge in [0.25, 0.3) is 0 Å². The maximum absolute atomic E-state index is 11.8. The van der Waals surface area contributed by atoms with E-state index in [1.807, 2.05) is 0 Å². The van der Waals surface area contributed by atoms with Gasteiger partial charge < -0.3 is 0 Å². The molecule has 0 aromatic rings. The summed E-state index contributed by atoms with van der Waals surface area (Å²) in [5, 5.41) is 10.5. The number of Topliss-reactive ketones (excluding diaryl/α,β-unsaturated/α-hetero) is 1. The third-order valence-electron chi connectivity index (χ3n) is 4.28. The second-order valence-electron chi connectivity index (χ2n) is 5.00. The lowest BCUT2D eigenvalue weighted by atomic mass is 9.81. The van der Waals surface area contributed by atoms with Gasteiger partial charge in [-0.25, -0.2) is 0 Å². The molecule has 80 valence electrons. The standard InChI is InChI=1S/C11H13NO3/c13-9-4-8(5-12(14)15)10-6-1-2-7(3-6)11(9)10/h1-2,6-8,10-11H,3-5H2/t6-,7+,8?,10?,11?/m0/s1. The number of hydrogen-bond acceptors (Lipinski definition) is 3. The van der Waals surface area contributed by atoms with Crippen LogP contribution in [0.3, 0.4) is 0 Å². The minimum atomic E-state index is -0.268. The van der Waals surface area contributed by atoms with Gasteiger partial charge in [-0.3, -0.25) is 14.9 Å². The van der Waals surface area contributed by atoms with Crippen molar-refractivity contribution >= 4 is 5.78 Å². The topological polar surface area (TPSA) is 60.2 Å². The van der Waals surface area contributed by atoms with E-state index in [2.05, 4.69) is 12.2 Å². The van der Waals surface area contributed by atoms with Crippen molar-refractivity contribution < 1.29 is 9.72 Å². The number of hydrogen-bond donors (Lipinski definition) is 0. The van der Waals surface area contributed by atoms with Crippen LogP contribution in [0.1, 0.15) is 12.8 Å². The minimum Gasteiger partial charge on any atom is -0.299 e. The van der Waals surface area contributed by atoms with Crippen LogP contribution < -0.4 is 0 Å². The van der Waals surface area contributed by atoms with Crippen LogP contribution in [0.5, 0.6) is 0 Å². The molecule has 0 aliphatic heterocycles. The van der Waals surface area contributed by atoms with Gasteiger partial charge in [-0.15, -0.1) is 0 Å². The lowest BCUT2D eigenvalue weighted by molar-refractivity contribution is -0.489. The molecule has 0 aromatic heterocycles. The van der Waals surface area contributed by atoms with Crippen molar-refractivity contribution in [3.63, 3.8) is 0 Å². The van der Waals surface area contributed by atoms with E-state index >= 15 is 0 Å². The second-order valence-corrected chi connectivity index (χ2v) is 5.00. The molecule has 0 spiro atoms. The first-order valence-corrected chi connectivity index (χ1v) is 5.49. The number of nitro groups is 1. The normalized spacial score (nSPS) is 46.1. The Labute approximate surface area is 87.5 Å². The van der Waals surface area contributed by atoms with Crippen LogP contribution in [0.15, 0.2) is 12.2 Å². The highest BCUT2D eigenvalue weighted by molar-refractivity contribution is 5.85. The van der Waals surface area contributed by atoms with E-state index in [0.717, 1.165) is 6.42 Å². The minimum absolute atomic E-state index is 0.00236. The summed E-state index contributed by atoms with van der Waals surface area (Å²) in [6.45, 7) is -0.0238. The van der Waals surface area contributed by atoms with E-state index < -0.39 is 0 Å². The van der Waals surface area contributed by atoms with Crippen LogP contribution in [0.25, 0.3) is 0 Å². The molecule has 15 heavy (non-hydrogen) atoms.